The number of nitrogens with zero attached hydrogens (tertiary/aromatic N) is 4. The van der Waals surface area contributed by atoms with Crippen molar-refractivity contribution in [2.24, 2.45) is 0 Å². The fourth-order valence-corrected chi connectivity index (χ4v) is 3.95. The second-order valence-corrected chi connectivity index (χ2v) is 8.57. The quantitative estimate of drug-likeness (QED) is 0.521. The van der Waals surface area contributed by atoms with Gasteiger partial charge in [-0.3, -0.25) is 9.59 Å². The minimum Gasteiger partial charge on any atom is -0.324 e. The first-order valence-electron chi connectivity index (χ1n) is 10.8. The molecule has 0 saturated heterocycles. The third-order valence-corrected chi connectivity index (χ3v) is 6.12. The Bertz CT molecular complexity index is 1410. The largest absolute Gasteiger partial charge is 0.324 e. The van der Waals surface area contributed by atoms with Crippen LogP contribution in [0, 0.1) is 20.8 Å². The van der Waals surface area contributed by atoms with E-state index in [0.29, 0.717) is 11.4 Å². The van der Waals surface area contributed by atoms with Gasteiger partial charge in [-0.1, -0.05) is 24.3 Å². The normalized spacial score (nSPS) is 13.5. The number of hydrogen-bond donors (Lipinski definition) is 1. The number of hydrogen-bond acceptors (Lipinski definition) is 4. The Morgan fingerprint density at radius 2 is 1.84 bits per heavy atom. The number of nitrogens with one attached hydrogen (secondary N) is 1. The summed E-state index contributed by atoms with van der Waals surface area (Å²) < 4.78 is 2.95. The Morgan fingerprint density at radius 3 is 2.56 bits per heavy atom. The lowest BCUT2D eigenvalue weighted by molar-refractivity contribution is -0.117. The lowest BCUT2D eigenvalue weighted by Gasteiger charge is -2.12. The molecule has 1 amide bonds. The maximum Gasteiger partial charge on any atom is 0.293 e. The van der Waals surface area contributed by atoms with E-state index in [9.17, 15) is 9.59 Å². The molecule has 4 aromatic rings. The van der Waals surface area contributed by atoms with Crippen molar-refractivity contribution in [2.45, 2.75) is 46.1 Å². The predicted molar refractivity (Wildman–Crippen MR) is 124 cm³/mol. The maximum absolute atomic E-state index is 13.4. The highest BCUT2D eigenvalue weighted by Gasteiger charge is 2.30. The Balaban J connectivity index is 1.58. The van der Waals surface area contributed by atoms with E-state index in [4.69, 9.17) is 0 Å². The molecule has 32 heavy (non-hydrogen) atoms. The van der Waals surface area contributed by atoms with Gasteiger partial charge in [0.2, 0.25) is 5.91 Å². The highest BCUT2D eigenvalue weighted by atomic mass is 16.2. The molecular formula is C25H25N5O2. The molecule has 0 unspecified atom stereocenters. The van der Waals surface area contributed by atoms with Gasteiger partial charge in [-0.05, 0) is 68.5 Å². The van der Waals surface area contributed by atoms with Crippen molar-refractivity contribution in [2.75, 3.05) is 5.32 Å². The molecule has 0 spiro atoms. The van der Waals surface area contributed by atoms with Crippen LogP contribution in [0.25, 0.3) is 16.6 Å². The lowest BCUT2D eigenvalue weighted by atomic mass is 10.1. The molecule has 2 aromatic carbocycles. The molecule has 2 aromatic heterocycles. The van der Waals surface area contributed by atoms with Gasteiger partial charge in [0.05, 0.1) is 17.6 Å². The second kappa shape index (κ2) is 7.75. The smallest absolute Gasteiger partial charge is 0.293 e. The van der Waals surface area contributed by atoms with Crippen molar-refractivity contribution in [1.82, 2.24) is 19.6 Å². The standard InChI is InChI=1S/C25H25N5O2/c1-15-8-11-19(12-17(15)3)30-24-20(13-26-30)23(18-9-10-18)28-29(25(24)32)14-22(31)27-21-7-5-4-6-16(21)2/h4-8,11-13,18H,9-10,14H2,1-3H3,(H,27,31). The molecule has 5 rings (SSSR count). The topological polar surface area (TPSA) is 81.8 Å². The third-order valence-electron chi connectivity index (χ3n) is 6.12. The number of fused-ring (bicyclic) bond motifs is 1. The molecule has 1 saturated carbocycles. The fraction of sp³-hybridized carbons (Fsp3) is 0.280. The molecule has 1 aliphatic carbocycles. The average Bonchev–Trinajstić information content (AvgIpc) is 3.51. The maximum atomic E-state index is 13.4. The number of aromatic nitrogens is 4. The van der Waals surface area contributed by atoms with E-state index < -0.39 is 0 Å². The monoisotopic (exact) mass is 427 g/mol. The van der Waals surface area contributed by atoms with Gasteiger partial charge in [0.15, 0.2) is 0 Å². The summed E-state index contributed by atoms with van der Waals surface area (Å²) in [6.07, 6.45) is 3.79. The highest BCUT2D eigenvalue weighted by molar-refractivity contribution is 5.91. The van der Waals surface area contributed by atoms with Crippen LogP contribution in [0.2, 0.25) is 0 Å². The van der Waals surface area contributed by atoms with E-state index in [1.165, 1.54) is 10.2 Å². The molecule has 0 radical (unpaired) electrons. The number of benzene rings is 2. The first-order chi connectivity index (χ1) is 15.4. The van der Waals surface area contributed by atoms with Crippen LogP contribution >= 0.6 is 0 Å². The number of para-hydroxylation sites is 1. The van der Waals surface area contributed by atoms with Crippen molar-refractivity contribution in [1.29, 1.82) is 0 Å². The molecule has 7 nitrogen and oxygen atoms in total. The summed E-state index contributed by atoms with van der Waals surface area (Å²) >= 11 is 0. The van der Waals surface area contributed by atoms with E-state index >= 15 is 0 Å². The number of aryl methyl sites for hydroxylation is 3. The molecule has 162 valence electrons. The van der Waals surface area contributed by atoms with Gasteiger partial charge in [-0.15, -0.1) is 0 Å². The van der Waals surface area contributed by atoms with Crippen LogP contribution in [0.15, 0.2) is 53.5 Å². The van der Waals surface area contributed by atoms with Crippen LogP contribution < -0.4 is 10.9 Å². The Hall–Kier alpha value is -3.74. The van der Waals surface area contributed by atoms with Gasteiger partial charge < -0.3 is 5.32 Å². The molecule has 0 aliphatic heterocycles. The Morgan fingerprint density at radius 1 is 1.06 bits per heavy atom. The Kier molecular flexibility index (Phi) is 4.89. The SMILES string of the molecule is Cc1ccc(-n2ncc3c(C4CC4)nn(CC(=O)Nc4ccccc4C)c(=O)c32)cc1C. The first-order valence-corrected chi connectivity index (χ1v) is 10.8. The lowest BCUT2D eigenvalue weighted by Crippen LogP contribution is -2.31. The van der Waals surface area contributed by atoms with Crippen molar-refractivity contribution in [3.63, 3.8) is 0 Å². The van der Waals surface area contributed by atoms with Crippen LogP contribution in [0.5, 0.6) is 0 Å². The number of amides is 1. The summed E-state index contributed by atoms with van der Waals surface area (Å²) in [5.74, 6) is 0.0217. The summed E-state index contributed by atoms with van der Waals surface area (Å²) in [6.45, 7) is 5.87. The molecular weight excluding hydrogens is 402 g/mol. The van der Waals surface area contributed by atoms with Crippen LogP contribution in [-0.4, -0.2) is 25.5 Å². The summed E-state index contributed by atoms with van der Waals surface area (Å²) in [7, 11) is 0. The summed E-state index contributed by atoms with van der Waals surface area (Å²) in [5.41, 5.74) is 5.81. The molecule has 1 aliphatic rings. The van der Waals surface area contributed by atoms with Crippen LogP contribution in [-0.2, 0) is 11.3 Å². The van der Waals surface area contributed by atoms with Gasteiger partial charge in [0.1, 0.15) is 12.1 Å². The second-order valence-electron chi connectivity index (χ2n) is 8.57. The van der Waals surface area contributed by atoms with Crippen LogP contribution in [0.3, 0.4) is 0 Å². The van der Waals surface area contributed by atoms with E-state index in [0.717, 1.165) is 46.4 Å². The number of anilines is 1. The minimum atomic E-state index is -0.319. The number of rotatable bonds is 5. The average molecular weight is 428 g/mol. The Labute approximate surface area is 185 Å². The third kappa shape index (κ3) is 3.60. The number of carbonyl (C=O) groups excluding carboxylic acids is 1. The molecule has 0 atom stereocenters. The van der Waals surface area contributed by atoms with Crippen LogP contribution in [0.4, 0.5) is 5.69 Å². The van der Waals surface area contributed by atoms with Crippen LogP contribution in [0.1, 0.15) is 41.1 Å². The summed E-state index contributed by atoms with van der Waals surface area (Å²) in [4.78, 5) is 26.2. The molecule has 0 bridgehead atoms. The fourth-order valence-electron chi connectivity index (χ4n) is 3.95. The van der Waals surface area contributed by atoms with Gasteiger partial charge in [-0.25, -0.2) is 9.36 Å². The molecule has 2 heterocycles. The van der Waals surface area contributed by atoms with E-state index in [1.54, 1.807) is 10.9 Å². The van der Waals surface area contributed by atoms with E-state index in [-0.39, 0.29) is 18.0 Å². The van der Waals surface area contributed by atoms with Crippen molar-refractivity contribution in [3.05, 3.63) is 81.4 Å². The van der Waals surface area contributed by atoms with E-state index in [2.05, 4.69) is 22.4 Å². The number of carbonyl (C=O) groups is 1. The zero-order valence-corrected chi connectivity index (χ0v) is 18.4. The van der Waals surface area contributed by atoms with Crippen molar-refractivity contribution in [3.8, 4) is 5.69 Å². The van der Waals surface area contributed by atoms with Crippen molar-refractivity contribution < 1.29 is 4.79 Å². The van der Waals surface area contributed by atoms with Gasteiger partial charge >= 0.3 is 0 Å². The zero-order chi connectivity index (χ0) is 22.4. The van der Waals surface area contributed by atoms with Gasteiger partial charge in [0, 0.05) is 17.0 Å². The van der Waals surface area contributed by atoms with E-state index in [1.807, 2.05) is 56.3 Å². The predicted octanol–water partition coefficient (Wildman–Crippen LogP) is 4.02. The molecule has 1 N–H and O–H groups in total. The first kappa shape index (κ1) is 20.2. The molecule has 1 fully saturated rings. The minimum absolute atomic E-state index is 0.152. The van der Waals surface area contributed by atoms with Gasteiger partial charge in [-0.2, -0.15) is 10.2 Å². The highest BCUT2D eigenvalue weighted by Crippen LogP contribution is 2.41. The zero-order valence-electron chi connectivity index (χ0n) is 18.4. The van der Waals surface area contributed by atoms with Gasteiger partial charge in [0.25, 0.3) is 5.56 Å². The summed E-state index contributed by atoms with van der Waals surface area (Å²) in [5, 5.41) is 12.8. The van der Waals surface area contributed by atoms with Crippen molar-refractivity contribution >= 4 is 22.5 Å². The molecule has 7 heteroatoms. The summed E-state index contributed by atoms with van der Waals surface area (Å²) in [6, 6.07) is 13.6.